The average Bonchev–Trinajstić information content (AvgIpc) is 2.41. The summed E-state index contributed by atoms with van der Waals surface area (Å²) in [5.41, 5.74) is 1.08. The van der Waals surface area contributed by atoms with Crippen molar-refractivity contribution < 1.29 is 24.5 Å². The molecule has 0 radical (unpaired) electrons. The molecular weight excluding hydrogens is 250 g/mol. The molecule has 2 N–H and O–H groups in total. The number of amides is 1. The molecule has 102 valence electrons. The fourth-order valence-corrected chi connectivity index (χ4v) is 2.12. The standard InChI is InChI=1S/C13H15NO5/c1-2-9(13(17)18)14-10-4-3-8(6-15)5-11(10)19-7-12(14)16/h3-5,9,15H,2,6-7H2,1H3,(H,17,18). The van der Waals surface area contributed by atoms with Crippen molar-refractivity contribution in [3.8, 4) is 5.75 Å². The number of carboxylic acid groups (broad SMARTS) is 1. The van der Waals surface area contributed by atoms with E-state index in [1.54, 1.807) is 25.1 Å². The smallest absolute Gasteiger partial charge is 0.326 e. The van der Waals surface area contributed by atoms with Gasteiger partial charge in [0.25, 0.3) is 5.91 Å². The summed E-state index contributed by atoms with van der Waals surface area (Å²) in [7, 11) is 0. The third-order valence-electron chi connectivity index (χ3n) is 3.07. The molecule has 1 unspecified atom stereocenters. The van der Waals surface area contributed by atoms with E-state index in [1.807, 2.05) is 0 Å². The average molecular weight is 265 g/mol. The quantitative estimate of drug-likeness (QED) is 0.839. The lowest BCUT2D eigenvalue weighted by Gasteiger charge is -2.33. The lowest BCUT2D eigenvalue weighted by molar-refractivity contribution is -0.140. The number of aliphatic hydroxyl groups is 1. The SMILES string of the molecule is CCC(C(=O)O)N1C(=O)COc2cc(CO)ccc21. The summed E-state index contributed by atoms with van der Waals surface area (Å²) in [5, 5.41) is 18.3. The first-order valence-electron chi connectivity index (χ1n) is 6.00. The highest BCUT2D eigenvalue weighted by atomic mass is 16.5. The molecule has 1 atom stereocenters. The van der Waals surface area contributed by atoms with E-state index in [9.17, 15) is 14.7 Å². The van der Waals surface area contributed by atoms with Crippen LogP contribution in [0, 0.1) is 0 Å². The molecule has 1 amide bonds. The van der Waals surface area contributed by atoms with E-state index in [2.05, 4.69) is 0 Å². The van der Waals surface area contributed by atoms with E-state index in [1.165, 1.54) is 4.90 Å². The third-order valence-corrected chi connectivity index (χ3v) is 3.07. The first kappa shape index (κ1) is 13.4. The molecule has 6 heteroatoms. The number of fused-ring (bicyclic) bond motifs is 1. The van der Waals surface area contributed by atoms with Crippen LogP contribution < -0.4 is 9.64 Å². The molecule has 1 aliphatic heterocycles. The zero-order chi connectivity index (χ0) is 14.0. The Bertz CT molecular complexity index is 514. The van der Waals surface area contributed by atoms with Crippen molar-refractivity contribution in [2.75, 3.05) is 11.5 Å². The Kier molecular flexibility index (Phi) is 3.71. The van der Waals surface area contributed by atoms with Crippen LogP contribution in [-0.4, -0.2) is 34.7 Å². The number of benzene rings is 1. The van der Waals surface area contributed by atoms with E-state index >= 15 is 0 Å². The first-order valence-corrected chi connectivity index (χ1v) is 6.00. The van der Waals surface area contributed by atoms with Gasteiger partial charge in [0.2, 0.25) is 0 Å². The second-order valence-electron chi connectivity index (χ2n) is 4.27. The van der Waals surface area contributed by atoms with Gasteiger partial charge in [0, 0.05) is 0 Å². The molecule has 6 nitrogen and oxygen atoms in total. The lowest BCUT2D eigenvalue weighted by Crippen LogP contribution is -2.49. The molecule has 1 aliphatic rings. The second kappa shape index (κ2) is 5.27. The molecule has 2 rings (SSSR count). The highest BCUT2D eigenvalue weighted by Gasteiger charge is 2.34. The number of carbonyl (C=O) groups excluding carboxylic acids is 1. The van der Waals surface area contributed by atoms with Crippen LogP contribution in [0.1, 0.15) is 18.9 Å². The minimum Gasteiger partial charge on any atom is -0.482 e. The van der Waals surface area contributed by atoms with Crippen molar-refractivity contribution in [2.45, 2.75) is 26.0 Å². The Hall–Kier alpha value is -2.08. The van der Waals surface area contributed by atoms with Gasteiger partial charge in [-0.2, -0.15) is 0 Å². The molecule has 0 bridgehead atoms. The zero-order valence-electron chi connectivity index (χ0n) is 10.5. The topological polar surface area (TPSA) is 87.1 Å². The van der Waals surface area contributed by atoms with Crippen molar-refractivity contribution >= 4 is 17.6 Å². The zero-order valence-corrected chi connectivity index (χ0v) is 10.5. The number of ether oxygens (including phenoxy) is 1. The number of nitrogens with zero attached hydrogens (tertiary/aromatic N) is 1. The maximum absolute atomic E-state index is 11.9. The number of aliphatic carboxylic acids is 1. The molecule has 0 aromatic heterocycles. The van der Waals surface area contributed by atoms with Crippen LogP contribution in [0.2, 0.25) is 0 Å². The number of hydrogen-bond acceptors (Lipinski definition) is 4. The molecule has 0 saturated heterocycles. The van der Waals surface area contributed by atoms with Crippen LogP contribution in [0.15, 0.2) is 18.2 Å². The predicted octanol–water partition coefficient (Wildman–Crippen LogP) is 0.767. The van der Waals surface area contributed by atoms with Crippen molar-refractivity contribution in [1.29, 1.82) is 0 Å². The Labute approximate surface area is 110 Å². The van der Waals surface area contributed by atoms with Gasteiger partial charge in [-0.3, -0.25) is 9.69 Å². The van der Waals surface area contributed by atoms with Gasteiger partial charge in [-0.1, -0.05) is 13.0 Å². The molecule has 1 aromatic carbocycles. The molecule has 0 spiro atoms. The van der Waals surface area contributed by atoms with E-state index in [0.29, 0.717) is 23.4 Å². The second-order valence-corrected chi connectivity index (χ2v) is 4.27. The molecular formula is C13H15NO5. The van der Waals surface area contributed by atoms with Crippen LogP contribution in [0.25, 0.3) is 0 Å². The predicted molar refractivity (Wildman–Crippen MR) is 67.1 cm³/mol. The Balaban J connectivity index is 2.45. The third kappa shape index (κ3) is 2.39. The van der Waals surface area contributed by atoms with Crippen molar-refractivity contribution in [3.05, 3.63) is 23.8 Å². The van der Waals surface area contributed by atoms with Gasteiger partial charge in [0.1, 0.15) is 11.8 Å². The number of carboxylic acids is 1. The molecule has 1 aromatic rings. The fourth-order valence-electron chi connectivity index (χ4n) is 2.12. The first-order chi connectivity index (χ1) is 9.08. The van der Waals surface area contributed by atoms with E-state index in [4.69, 9.17) is 9.84 Å². The lowest BCUT2D eigenvalue weighted by atomic mass is 10.1. The summed E-state index contributed by atoms with van der Waals surface area (Å²) in [4.78, 5) is 24.4. The monoisotopic (exact) mass is 265 g/mol. The maximum Gasteiger partial charge on any atom is 0.326 e. The number of rotatable bonds is 4. The van der Waals surface area contributed by atoms with Crippen molar-refractivity contribution in [2.24, 2.45) is 0 Å². The maximum atomic E-state index is 11.9. The summed E-state index contributed by atoms with van der Waals surface area (Å²) in [6.07, 6.45) is 0.308. The van der Waals surface area contributed by atoms with E-state index < -0.39 is 12.0 Å². The number of aliphatic hydroxyl groups excluding tert-OH is 1. The highest BCUT2D eigenvalue weighted by molar-refractivity contribution is 6.02. The van der Waals surface area contributed by atoms with Crippen LogP contribution in [0.4, 0.5) is 5.69 Å². The normalized spacial score (nSPS) is 15.7. The molecule has 0 saturated carbocycles. The van der Waals surface area contributed by atoms with E-state index in [0.717, 1.165) is 0 Å². The summed E-state index contributed by atoms with van der Waals surface area (Å²) < 4.78 is 5.29. The van der Waals surface area contributed by atoms with Crippen LogP contribution >= 0.6 is 0 Å². The molecule has 1 heterocycles. The fraction of sp³-hybridized carbons (Fsp3) is 0.385. The van der Waals surface area contributed by atoms with Gasteiger partial charge in [-0.15, -0.1) is 0 Å². The van der Waals surface area contributed by atoms with Crippen LogP contribution in [0.3, 0.4) is 0 Å². The Morgan fingerprint density at radius 1 is 1.53 bits per heavy atom. The van der Waals surface area contributed by atoms with Crippen LogP contribution in [-0.2, 0) is 16.2 Å². The Morgan fingerprint density at radius 3 is 2.84 bits per heavy atom. The van der Waals surface area contributed by atoms with Gasteiger partial charge >= 0.3 is 5.97 Å². The van der Waals surface area contributed by atoms with Gasteiger partial charge < -0.3 is 14.9 Å². The number of hydrogen-bond donors (Lipinski definition) is 2. The van der Waals surface area contributed by atoms with Crippen molar-refractivity contribution in [3.63, 3.8) is 0 Å². The van der Waals surface area contributed by atoms with Crippen molar-refractivity contribution in [1.82, 2.24) is 0 Å². The molecule has 19 heavy (non-hydrogen) atoms. The highest BCUT2D eigenvalue weighted by Crippen LogP contribution is 2.34. The van der Waals surface area contributed by atoms with E-state index in [-0.39, 0.29) is 19.1 Å². The van der Waals surface area contributed by atoms with Gasteiger partial charge in [0.15, 0.2) is 6.61 Å². The largest absolute Gasteiger partial charge is 0.482 e. The molecule has 0 aliphatic carbocycles. The summed E-state index contributed by atoms with van der Waals surface area (Å²) >= 11 is 0. The van der Waals surface area contributed by atoms with Gasteiger partial charge in [-0.05, 0) is 24.1 Å². The molecule has 0 fully saturated rings. The number of anilines is 1. The van der Waals surface area contributed by atoms with Crippen LogP contribution in [0.5, 0.6) is 5.75 Å². The summed E-state index contributed by atoms with van der Waals surface area (Å²) in [6, 6.07) is 3.95. The summed E-state index contributed by atoms with van der Waals surface area (Å²) in [6.45, 7) is 1.38. The Morgan fingerprint density at radius 2 is 2.26 bits per heavy atom. The minimum atomic E-state index is -1.05. The van der Waals surface area contributed by atoms with Gasteiger partial charge in [0.05, 0.1) is 12.3 Å². The summed E-state index contributed by atoms with van der Waals surface area (Å²) in [5.74, 6) is -1.00. The minimum absolute atomic E-state index is 0.138. The number of carbonyl (C=O) groups is 2. The van der Waals surface area contributed by atoms with Gasteiger partial charge in [-0.25, -0.2) is 4.79 Å².